The first-order chi connectivity index (χ1) is 10.1. The van der Waals surface area contributed by atoms with Crippen LogP contribution >= 0.6 is 11.6 Å². The molecule has 0 aliphatic rings. The number of aromatic nitrogens is 3. The third-order valence-electron chi connectivity index (χ3n) is 2.82. The van der Waals surface area contributed by atoms with Crippen LogP contribution in [0, 0.1) is 6.92 Å². The highest BCUT2D eigenvalue weighted by atomic mass is 35.5. The van der Waals surface area contributed by atoms with Gasteiger partial charge in [0, 0.05) is 5.02 Å². The lowest BCUT2D eigenvalue weighted by Gasteiger charge is -2.07. The van der Waals surface area contributed by atoms with Gasteiger partial charge in [0.05, 0.1) is 18.8 Å². The monoisotopic (exact) mass is 309 g/mol. The van der Waals surface area contributed by atoms with Crippen LogP contribution < -0.4 is 4.74 Å². The number of carbonyl (C=O) groups is 1. The number of carbonyl (C=O) groups excluding carboxylic acids is 1. The lowest BCUT2D eigenvalue weighted by Crippen LogP contribution is -2.12. The summed E-state index contributed by atoms with van der Waals surface area (Å²) in [5, 5.41) is 8.38. The van der Waals surface area contributed by atoms with E-state index in [4.69, 9.17) is 21.1 Å². The van der Waals surface area contributed by atoms with Crippen LogP contribution in [0.25, 0.3) is 0 Å². The number of hydrogen-bond acceptors (Lipinski definition) is 5. The van der Waals surface area contributed by atoms with Crippen LogP contribution in [0.2, 0.25) is 5.02 Å². The molecule has 0 atom stereocenters. The third kappa shape index (κ3) is 3.95. The minimum atomic E-state index is -0.461. The van der Waals surface area contributed by atoms with Crippen LogP contribution in [-0.4, -0.2) is 34.2 Å². The average molecular weight is 310 g/mol. The first-order valence-corrected chi connectivity index (χ1v) is 6.95. The zero-order chi connectivity index (χ0) is 15.2. The van der Waals surface area contributed by atoms with Crippen LogP contribution in [0.15, 0.2) is 24.3 Å². The number of hydrogen-bond donors (Lipinski definition) is 0. The highest BCUT2D eigenvalue weighted by Crippen LogP contribution is 2.17. The maximum atomic E-state index is 11.6. The Kier molecular flexibility index (Phi) is 5.16. The Labute approximate surface area is 127 Å². The quantitative estimate of drug-likeness (QED) is 0.767. The molecule has 0 saturated carbocycles. The number of benzene rings is 1. The Morgan fingerprint density at radius 3 is 2.95 bits per heavy atom. The number of nitrogens with zero attached hydrogens (tertiary/aromatic N) is 3. The van der Waals surface area contributed by atoms with Crippen LogP contribution in [0.5, 0.6) is 5.75 Å². The van der Waals surface area contributed by atoms with Gasteiger partial charge in [-0.2, -0.15) is 0 Å². The van der Waals surface area contributed by atoms with E-state index in [1.807, 2.05) is 12.1 Å². The molecule has 0 spiro atoms. The molecule has 21 heavy (non-hydrogen) atoms. The summed E-state index contributed by atoms with van der Waals surface area (Å²) in [6.07, 6.45) is 0. The predicted molar refractivity (Wildman–Crippen MR) is 77.7 cm³/mol. The van der Waals surface area contributed by atoms with Gasteiger partial charge in [0.1, 0.15) is 12.4 Å². The van der Waals surface area contributed by atoms with Crippen LogP contribution in [0.4, 0.5) is 0 Å². The zero-order valence-corrected chi connectivity index (χ0v) is 12.6. The molecule has 0 radical (unpaired) electrons. The molecular formula is C14H16ClN3O3. The summed E-state index contributed by atoms with van der Waals surface area (Å²) in [4.78, 5) is 11.6. The van der Waals surface area contributed by atoms with Gasteiger partial charge in [-0.3, -0.25) is 0 Å². The Balaban J connectivity index is 1.93. The summed E-state index contributed by atoms with van der Waals surface area (Å²) in [7, 11) is 0. The molecule has 1 aromatic heterocycles. The van der Waals surface area contributed by atoms with E-state index in [1.54, 1.807) is 30.7 Å². The van der Waals surface area contributed by atoms with Gasteiger partial charge in [-0.15, -0.1) is 5.10 Å². The molecule has 7 heteroatoms. The van der Waals surface area contributed by atoms with E-state index in [1.165, 1.54) is 0 Å². The molecular weight excluding hydrogens is 294 g/mol. The van der Waals surface area contributed by atoms with Crippen molar-refractivity contribution < 1.29 is 14.3 Å². The van der Waals surface area contributed by atoms with Crippen molar-refractivity contribution in [1.82, 2.24) is 15.0 Å². The number of ether oxygens (including phenoxy) is 2. The fourth-order valence-corrected chi connectivity index (χ4v) is 1.95. The van der Waals surface area contributed by atoms with Gasteiger partial charge in [-0.1, -0.05) is 22.9 Å². The maximum absolute atomic E-state index is 11.6. The second-order valence-corrected chi connectivity index (χ2v) is 4.71. The standard InChI is InChI=1S/C14H16ClN3O3/c1-3-20-14(19)13-10(2)18(17-16-13)7-8-21-12-6-4-5-11(15)9-12/h4-6,9H,3,7-8H2,1-2H3. The van der Waals surface area contributed by atoms with Crippen molar-refractivity contribution >= 4 is 17.6 Å². The zero-order valence-electron chi connectivity index (χ0n) is 11.9. The highest BCUT2D eigenvalue weighted by Gasteiger charge is 2.17. The fourth-order valence-electron chi connectivity index (χ4n) is 1.77. The van der Waals surface area contributed by atoms with E-state index >= 15 is 0 Å². The summed E-state index contributed by atoms with van der Waals surface area (Å²) in [6, 6.07) is 7.16. The molecule has 2 rings (SSSR count). The lowest BCUT2D eigenvalue weighted by atomic mass is 10.3. The minimum absolute atomic E-state index is 0.236. The van der Waals surface area contributed by atoms with Gasteiger partial charge in [0.15, 0.2) is 5.69 Å². The van der Waals surface area contributed by atoms with E-state index in [0.29, 0.717) is 36.2 Å². The van der Waals surface area contributed by atoms with Gasteiger partial charge in [0.2, 0.25) is 0 Å². The summed E-state index contributed by atoms with van der Waals surface area (Å²) in [5.41, 5.74) is 0.891. The number of rotatable bonds is 6. The van der Waals surface area contributed by atoms with E-state index in [0.717, 1.165) is 0 Å². The molecule has 0 aliphatic heterocycles. The Morgan fingerprint density at radius 2 is 2.24 bits per heavy atom. The van der Waals surface area contributed by atoms with E-state index < -0.39 is 5.97 Å². The topological polar surface area (TPSA) is 66.2 Å². The van der Waals surface area contributed by atoms with Gasteiger partial charge in [-0.25, -0.2) is 9.48 Å². The molecule has 0 amide bonds. The number of esters is 1. The molecule has 1 heterocycles. The SMILES string of the molecule is CCOC(=O)c1nnn(CCOc2cccc(Cl)c2)c1C. The molecule has 0 bridgehead atoms. The van der Waals surface area contributed by atoms with Crippen molar-refractivity contribution in [2.45, 2.75) is 20.4 Å². The first kappa shape index (κ1) is 15.3. The predicted octanol–water partition coefficient (Wildman–Crippen LogP) is 2.50. The van der Waals surface area contributed by atoms with Crippen LogP contribution in [0.1, 0.15) is 23.1 Å². The summed E-state index contributed by atoms with van der Waals surface area (Å²) in [5.74, 6) is 0.225. The largest absolute Gasteiger partial charge is 0.492 e. The van der Waals surface area contributed by atoms with Crippen molar-refractivity contribution in [2.24, 2.45) is 0 Å². The van der Waals surface area contributed by atoms with Crippen molar-refractivity contribution in [1.29, 1.82) is 0 Å². The highest BCUT2D eigenvalue weighted by molar-refractivity contribution is 6.30. The smallest absolute Gasteiger partial charge is 0.360 e. The molecule has 2 aromatic rings. The molecule has 112 valence electrons. The van der Waals surface area contributed by atoms with Crippen LogP contribution in [-0.2, 0) is 11.3 Å². The van der Waals surface area contributed by atoms with Gasteiger partial charge in [-0.05, 0) is 32.0 Å². The Bertz CT molecular complexity index is 628. The lowest BCUT2D eigenvalue weighted by molar-refractivity contribution is 0.0518. The van der Waals surface area contributed by atoms with Gasteiger partial charge < -0.3 is 9.47 Å². The summed E-state index contributed by atoms with van der Waals surface area (Å²) in [6.45, 7) is 4.70. The van der Waals surface area contributed by atoms with Gasteiger partial charge >= 0.3 is 5.97 Å². The molecule has 0 unspecified atom stereocenters. The second kappa shape index (κ2) is 7.08. The van der Waals surface area contributed by atoms with E-state index in [-0.39, 0.29) is 5.69 Å². The molecule has 0 N–H and O–H groups in total. The normalized spacial score (nSPS) is 10.4. The maximum Gasteiger partial charge on any atom is 0.360 e. The minimum Gasteiger partial charge on any atom is -0.492 e. The fraction of sp³-hybridized carbons (Fsp3) is 0.357. The molecule has 1 aromatic carbocycles. The Morgan fingerprint density at radius 1 is 1.43 bits per heavy atom. The van der Waals surface area contributed by atoms with Crippen molar-refractivity contribution in [2.75, 3.05) is 13.2 Å². The van der Waals surface area contributed by atoms with E-state index in [2.05, 4.69) is 10.3 Å². The van der Waals surface area contributed by atoms with Gasteiger partial charge in [0.25, 0.3) is 0 Å². The summed E-state index contributed by atoms with van der Waals surface area (Å²) < 4.78 is 12.1. The van der Waals surface area contributed by atoms with Crippen LogP contribution in [0.3, 0.4) is 0 Å². The van der Waals surface area contributed by atoms with Crippen molar-refractivity contribution in [3.63, 3.8) is 0 Å². The summed E-state index contributed by atoms with van der Waals surface area (Å²) >= 11 is 5.87. The molecule has 0 saturated heterocycles. The first-order valence-electron chi connectivity index (χ1n) is 6.57. The third-order valence-corrected chi connectivity index (χ3v) is 3.05. The molecule has 0 aliphatic carbocycles. The molecule has 6 nitrogen and oxygen atoms in total. The number of halogens is 1. The van der Waals surface area contributed by atoms with E-state index in [9.17, 15) is 4.79 Å². The Hall–Kier alpha value is -2.08. The average Bonchev–Trinajstić information content (AvgIpc) is 2.81. The van der Waals surface area contributed by atoms with Crippen molar-refractivity contribution in [3.8, 4) is 5.75 Å². The molecule has 0 fully saturated rings. The second-order valence-electron chi connectivity index (χ2n) is 4.27. The van der Waals surface area contributed by atoms with Crippen molar-refractivity contribution in [3.05, 3.63) is 40.7 Å².